The average Bonchev–Trinajstić information content (AvgIpc) is 3.21. The van der Waals surface area contributed by atoms with Gasteiger partial charge in [-0.1, -0.05) is 42.5 Å². The molecule has 1 aromatic heterocycles. The Morgan fingerprint density at radius 2 is 1.92 bits per heavy atom. The number of aromatic nitrogens is 2. The maximum Gasteiger partial charge on any atom is 0.162 e. The van der Waals surface area contributed by atoms with Gasteiger partial charge in [-0.25, -0.2) is 9.97 Å². The van der Waals surface area contributed by atoms with Crippen molar-refractivity contribution in [1.82, 2.24) is 9.97 Å². The summed E-state index contributed by atoms with van der Waals surface area (Å²) in [5.74, 6) is 1.57. The van der Waals surface area contributed by atoms with Crippen molar-refractivity contribution in [3.05, 3.63) is 54.6 Å². The van der Waals surface area contributed by atoms with Crippen LogP contribution >= 0.6 is 0 Å². The van der Waals surface area contributed by atoms with Gasteiger partial charge in [-0.15, -0.1) is 0 Å². The Balaban J connectivity index is 1.58. The third-order valence-corrected chi connectivity index (χ3v) is 4.49. The van der Waals surface area contributed by atoms with Gasteiger partial charge in [-0.05, 0) is 25.5 Å². The summed E-state index contributed by atoms with van der Waals surface area (Å²) in [4.78, 5) is 9.51. The van der Waals surface area contributed by atoms with Gasteiger partial charge in [0.2, 0.25) is 0 Å². The molecule has 0 spiro atoms. The standard InChI is InChI=1S/C21H23N3O2/c1-15(13-26-17-11-12-25-14-17)22-21-18-9-5-6-10-19(18)23-20(24-21)16-7-3-2-4-8-16/h2-10,15,17H,11-14H2,1H3,(H,22,23,24). The summed E-state index contributed by atoms with van der Waals surface area (Å²) >= 11 is 0. The van der Waals surface area contributed by atoms with Gasteiger partial charge in [-0.3, -0.25) is 0 Å². The summed E-state index contributed by atoms with van der Waals surface area (Å²) in [6.07, 6.45) is 1.18. The number of nitrogens with one attached hydrogen (secondary N) is 1. The molecule has 1 aliphatic rings. The molecule has 3 aromatic rings. The SMILES string of the molecule is CC(COC1CCOC1)Nc1nc(-c2ccccc2)nc2ccccc12. The molecule has 2 heterocycles. The van der Waals surface area contributed by atoms with Gasteiger partial charge in [0.15, 0.2) is 5.82 Å². The zero-order valence-electron chi connectivity index (χ0n) is 14.9. The van der Waals surface area contributed by atoms with Crippen molar-refractivity contribution in [3.63, 3.8) is 0 Å². The second-order valence-corrected chi connectivity index (χ2v) is 6.64. The Kier molecular flexibility index (Phi) is 5.09. The van der Waals surface area contributed by atoms with E-state index in [0.717, 1.165) is 41.1 Å². The van der Waals surface area contributed by atoms with E-state index in [1.165, 1.54) is 0 Å². The molecule has 5 heteroatoms. The third kappa shape index (κ3) is 3.84. The maximum atomic E-state index is 5.93. The minimum absolute atomic E-state index is 0.137. The molecule has 134 valence electrons. The molecule has 0 amide bonds. The molecule has 0 aliphatic carbocycles. The van der Waals surface area contributed by atoms with Crippen LogP contribution in [0.2, 0.25) is 0 Å². The molecule has 1 N–H and O–H groups in total. The number of nitrogens with zero attached hydrogens (tertiary/aromatic N) is 2. The molecule has 2 unspecified atom stereocenters. The Bertz CT molecular complexity index is 864. The van der Waals surface area contributed by atoms with Crippen LogP contribution in [0.25, 0.3) is 22.3 Å². The van der Waals surface area contributed by atoms with Crippen molar-refractivity contribution < 1.29 is 9.47 Å². The number of benzene rings is 2. The van der Waals surface area contributed by atoms with Gasteiger partial charge >= 0.3 is 0 Å². The van der Waals surface area contributed by atoms with Gasteiger partial charge in [-0.2, -0.15) is 0 Å². The van der Waals surface area contributed by atoms with Crippen LogP contribution in [0.15, 0.2) is 54.6 Å². The lowest BCUT2D eigenvalue weighted by Crippen LogP contribution is -2.26. The number of para-hydroxylation sites is 1. The lowest BCUT2D eigenvalue weighted by atomic mass is 10.1. The number of hydrogen-bond acceptors (Lipinski definition) is 5. The number of rotatable bonds is 6. The van der Waals surface area contributed by atoms with E-state index < -0.39 is 0 Å². The van der Waals surface area contributed by atoms with E-state index in [0.29, 0.717) is 13.2 Å². The number of hydrogen-bond donors (Lipinski definition) is 1. The van der Waals surface area contributed by atoms with E-state index in [9.17, 15) is 0 Å². The van der Waals surface area contributed by atoms with Crippen molar-refractivity contribution in [1.29, 1.82) is 0 Å². The minimum Gasteiger partial charge on any atom is -0.379 e. The molecular weight excluding hydrogens is 326 g/mol. The van der Waals surface area contributed by atoms with E-state index in [2.05, 4.69) is 12.2 Å². The van der Waals surface area contributed by atoms with Gasteiger partial charge in [0, 0.05) is 23.6 Å². The lowest BCUT2D eigenvalue weighted by molar-refractivity contribution is 0.0395. The van der Waals surface area contributed by atoms with Crippen molar-refractivity contribution in [2.45, 2.75) is 25.5 Å². The average molecular weight is 349 g/mol. The molecule has 1 fully saturated rings. The Hall–Kier alpha value is -2.50. The number of ether oxygens (including phenoxy) is 2. The predicted octanol–water partition coefficient (Wildman–Crippen LogP) is 3.90. The summed E-state index contributed by atoms with van der Waals surface area (Å²) in [6.45, 7) is 4.21. The summed E-state index contributed by atoms with van der Waals surface area (Å²) in [7, 11) is 0. The van der Waals surface area contributed by atoms with Crippen LogP contribution in [0.4, 0.5) is 5.82 Å². The lowest BCUT2D eigenvalue weighted by Gasteiger charge is -2.19. The fourth-order valence-electron chi connectivity index (χ4n) is 3.10. The quantitative estimate of drug-likeness (QED) is 0.731. The highest BCUT2D eigenvalue weighted by Crippen LogP contribution is 2.25. The van der Waals surface area contributed by atoms with Crippen LogP contribution in [0.3, 0.4) is 0 Å². The van der Waals surface area contributed by atoms with E-state index in [1.54, 1.807) is 0 Å². The highest BCUT2D eigenvalue weighted by Gasteiger charge is 2.18. The number of fused-ring (bicyclic) bond motifs is 1. The molecule has 26 heavy (non-hydrogen) atoms. The van der Waals surface area contributed by atoms with Gasteiger partial charge < -0.3 is 14.8 Å². The summed E-state index contributed by atoms with van der Waals surface area (Å²) in [5.41, 5.74) is 1.94. The first-order chi connectivity index (χ1) is 12.8. The van der Waals surface area contributed by atoms with Crippen LogP contribution in [-0.2, 0) is 9.47 Å². The second kappa shape index (κ2) is 7.81. The zero-order chi connectivity index (χ0) is 17.8. The fraction of sp³-hybridized carbons (Fsp3) is 0.333. The Morgan fingerprint density at radius 3 is 2.73 bits per heavy atom. The van der Waals surface area contributed by atoms with Crippen LogP contribution < -0.4 is 5.32 Å². The maximum absolute atomic E-state index is 5.93. The van der Waals surface area contributed by atoms with Gasteiger partial charge in [0.1, 0.15) is 5.82 Å². The summed E-state index contributed by atoms with van der Waals surface area (Å²) in [6, 6.07) is 18.3. The summed E-state index contributed by atoms with van der Waals surface area (Å²) < 4.78 is 11.3. The minimum atomic E-state index is 0.137. The molecule has 0 bridgehead atoms. The topological polar surface area (TPSA) is 56.3 Å². The Labute approximate surface area is 153 Å². The largest absolute Gasteiger partial charge is 0.379 e. The molecule has 1 aliphatic heterocycles. The van der Waals surface area contributed by atoms with Gasteiger partial charge in [0.05, 0.1) is 24.8 Å². The molecule has 4 rings (SSSR count). The van der Waals surface area contributed by atoms with Crippen LogP contribution in [0.5, 0.6) is 0 Å². The first-order valence-corrected chi connectivity index (χ1v) is 9.07. The molecule has 0 radical (unpaired) electrons. The van der Waals surface area contributed by atoms with Crippen molar-refractivity contribution in [2.75, 3.05) is 25.1 Å². The predicted molar refractivity (Wildman–Crippen MR) is 103 cm³/mol. The van der Waals surface area contributed by atoms with Gasteiger partial charge in [0.25, 0.3) is 0 Å². The molecule has 2 atom stereocenters. The highest BCUT2D eigenvalue weighted by molar-refractivity contribution is 5.90. The first-order valence-electron chi connectivity index (χ1n) is 9.07. The molecule has 0 saturated carbocycles. The van der Waals surface area contributed by atoms with E-state index >= 15 is 0 Å². The second-order valence-electron chi connectivity index (χ2n) is 6.64. The highest BCUT2D eigenvalue weighted by atomic mass is 16.5. The summed E-state index contributed by atoms with van der Waals surface area (Å²) in [5, 5.41) is 4.52. The zero-order valence-corrected chi connectivity index (χ0v) is 14.9. The van der Waals surface area contributed by atoms with Crippen molar-refractivity contribution in [2.24, 2.45) is 0 Å². The normalized spacial score (nSPS) is 18.1. The van der Waals surface area contributed by atoms with Crippen LogP contribution in [0.1, 0.15) is 13.3 Å². The fourth-order valence-corrected chi connectivity index (χ4v) is 3.10. The monoisotopic (exact) mass is 349 g/mol. The van der Waals surface area contributed by atoms with Crippen LogP contribution in [0, 0.1) is 0 Å². The number of anilines is 1. The molecule has 1 saturated heterocycles. The van der Waals surface area contributed by atoms with Crippen molar-refractivity contribution in [3.8, 4) is 11.4 Å². The molecule has 5 nitrogen and oxygen atoms in total. The molecular formula is C21H23N3O2. The van der Waals surface area contributed by atoms with E-state index in [4.69, 9.17) is 19.4 Å². The van der Waals surface area contributed by atoms with E-state index in [-0.39, 0.29) is 12.1 Å². The molecule has 2 aromatic carbocycles. The first kappa shape index (κ1) is 16.9. The smallest absolute Gasteiger partial charge is 0.162 e. The van der Waals surface area contributed by atoms with Crippen molar-refractivity contribution >= 4 is 16.7 Å². The Morgan fingerprint density at radius 1 is 1.12 bits per heavy atom. The third-order valence-electron chi connectivity index (χ3n) is 4.49. The van der Waals surface area contributed by atoms with Crippen LogP contribution in [-0.4, -0.2) is 41.9 Å². The van der Waals surface area contributed by atoms with E-state index in [1.807, 2.05) is 54.6 Å².